The third-order valence-electron chi connectivity index (χ3n) is 2.17. The van der Waals surface area contributed by atoms with E-state index in [2.05, 4.69) is 30.6 Å². The largest absolute Gasteiger partial charge is 0.469 e. The van der Waals surface area contributed by atoms with Crippen LogP contribution >= 0.6 is 15.9 Å². The van der Waals surface area contributed by atoms with Gasteiger partial charge in [-0.15, -0.1) is 0 Å². The van der Waals surface area contributed by atoms with E-state index >= 15 is 0 Å². The van der Waals surface area contributed by atoms with Gasteiger partial charge in [0.25, 0.3) is 0 Å². The minimum atomic E-state index is -0.258. The highest BCUT2D eigenvalue weighted by Crippen LogP contribution is 2.25. The molecule has 0 aliphatic heterocycles. The number of halogens is 1. The fourth-order valence-electron chi connectivity index (χ4n) is 1.45. The van der Waals surface area contributed by atoms with Gasteiger partial charge in [0, 0.05) is 22.3 Å². The molecule has 0 saturated heterocycles. The van der Waals surface area contributed by atoms with Gasteiger partial charge in [0.05, 0.1) is 13.5 Å². The zero-order chi connectivity index (χ0) is 10.8. The molecule has 5 heteroatoms. The lowest BCUT2D eigenvalue weighted by molar-refractivity contribution is -0.139. The number of carbonyl (C=O) groups is 1. The summed E-state index contributed by atoms with van der Waals surface area (Å²) in [5.41, 5.74) is 1.65. The van der Waals surface area contributed by atoms with Gasteiger partial charge in [0.2, 0.25) is 0 Å². The Hall–Kier alpha value is -1.36. The number of nitrogens with one attached hydrogen (secondary N) is 1. The predicted molar refractivity (Wildman–Crippen MR) is 59.5 cm³/mol. The quantitative estimate of drug-likeness (QED) is 0.849. The molecule has 0 atom stereocenters. The Bertz CT molecular complexity index is 507. The highest BCUT2D eigenvalue weighted by molar-refractivity contribution is 9.10. The zero-order valence-electron chi connectivity index (χ0n) is 8.08. The molecule has 0 saturated carbocycles. The van der Waals surface area contributed by atoms with E-state index in [-0.39, 0.29) is 12.4 Å². The van der Waals surface area contributed by atoms with Crippen LogP contribution in [0.1, 0.15) is 5.56 Å². The fraction of sp³-hybridized carbons (Fsp3) is 0.200. The van der Waals surface area contributed by atoms with Crippen molar-refractivity contribution in [3.63, 3.8) is 0 Å². The number of carbonyl (C=O) groups excluding carboxylic acids is 1. The molecule has 2 rings (SSSR count). The third kappa shape index (κ3) is 1.87. The van der Waals surface area contributed by atoms with Crippen LogP contribution in [0.15, 0.2) is 22.9 Å². The van der Waals surface area contributed by atoms with Crippen molar-refractivity contribution in [1.82, 2.24) is 9.97 Å². The molecule has 2 heterocycles. The Morgan fingerprint density at radius 2 is 2.47 bits per heavy atom. The summed E-state index contributed by atoms with van der Waals surface area (Å²) in [6, 6.07) is 1.84. The standard InChI is InChI=1S/C10H9BrN2O2/c1-15-8(14)4-6-5-13-10-9(6)7(11)2-3-12-10/h2-3,5H,4H2,1H3,(H,12,13). The summed E-state index contributed by atoms with van der Waals surface area (Å²) in [5, 5.41) is 0.933. The molecule has 15 heavy (non-hydrogen) atoms. The number of hydrogen-bond acceptors (Lipinski definition) is 3. The first-order valence-electron chi connectivity index (χ1n) is 4.39. The summed E-state index contributed by atoms with van der Waals surface area (Å²) in [6.45, 7) is 0. The second-order valence-corrected chi connectivity index (χ2v) is 3.94. The molecule has 2 aromatic rings. The Kier molecular flexibility index (Phi) is 2.73. The number of rotatable bonds is 2. The summed E-state index contributed by atoms with van der Waals surface area (Å²) in [6.07, 6.45) is 3.73. The Morgan fingerprint density at radius 1 is 1.67 bits per heavy atom. The van der Waals surface area contributed by atoms with E-state index in [1.807, 2.05) is 6.07 Å². The molecule has 0 fully saturated rings. The third-order valence-corrected chi connectivity index (χ3v) is 2.83. The van der Waals surface area contributed by atoms with Crippen molar-refractivity contribution in [2.24, 2.45) is 0 Å². The highest BCUT2D eigenvalue weighted by Gasteiger charge is 2.11. The maximum atomic E-state index is 11.2. The number of aromatic amines is 1. The minimum absolute atomic E-state index is 0.251. The van der Waals surface area contributed by atoms with Crippen molar-refractivity contribution >= 4 is 32.9 Å². The Labute approximate surface area is 94.8 Å². The van der Waals surface area contributed by atoms with Crippen LogP contribution in [0.3, 0.4) is 0 Å². The average molecular weight is 269 g/mol. The minimum Gasteiger partial charge on any atom is -0.469 e. The van der Waals surface area contributed by atoms with E-state index in [1.165, 1.54) is 7.11 Å². The molecule has 0 aliphatic carbocycles. The summed E-state index contributed by atoms with van der Waals surface area (Å²) in [5.74, 6) is -0.258. The van der Waals surface area contributed by atoms with Crippen molar-refractivity contribution in [3.05, 3.63) is 28.5 Å². The lowest BCUT2D eigenvalue weighted by atomic mass is 10.1. The van der Waals surface area contributed by atoms with Gasteiger partial charge in [-0.05, 0) is 27.6 Å². The molecule has 78 valence electrons. The van der Waals surface area contributed by atoms with Crippen molar-refractivity contribution < 1.29 is 9.53 Å². The van der Waals surface area contributed by atoms with E-state index in [0.29, 0.717) is 0 Å². The van der Waals surface area contributed by atoms with Crippen LogP contribution < -0.4 is 0 Å². The van der Waals surface area contributed by atoms with Gasteiger partial charge in [0.15, 0.2) is 0 Å². The molecule has 0 aromatic carbocycles. The van der Waals surface area contributed by atoms with Crippen LogP contribution in [0.2, 0.25) is 0 Å². The number of esters is 1. The zero-order valence-corrected chi connectivity index (χ0v) is 9.67. The summed E-state index contributed by atoms with van der Waals surface area (Å²) >= 11 is 3.43. The first-order chi connectivity index (χ1) is 7.22. The molecule has 0 spiro atoms. The normalized spacial score (nSPS) is 10.5. The number of hydrogen-bond donors (Lipinski definition) is 1. The fourth-order valence-corrected chi connectivity index (χ4v) is 2.01. The molecule has 0 amide bonds. The maximum absolute atomic E-state index is 11.2. The molecule has 0 bridgehead atoms. The monoisotopic (exact) mass is 268 g/mol. The summed E-state index contributed by atoms with van der Waals surface area (Å²) in [7, 11) is 1.38. The van der Waals surface area contributed by atoms with Crippen LogP contribution in [0.5, 0.6) is 0 Å². The smallest absolute Gasteiger partial charge is 0.310 e. The van der Waals surface area contributed by atoms with E-state index < -0.39 is 0 Å². The van der Waals surface area contributed by atoms with Gasteiger partial charge in [-0.1, -0.05) is 0 Å². The van der Waals surface area contributed by atoms with Gasteiger partial charge in [0.1, 0.15) is 5.65 Å². The van der Waals surface area contributed by atoms with Crippen LogP contribution in [-0.4, -0.2) is 23.0 Å². The topological polar surface area (TPSA) is 55.0 Å². The Morgan fingerprint density at radius 3 is 3.20 bits per heavy atom. The number of methoxy groups -OCH3 is 1. The first kappa shape index (κ1) is 10.2. The SMILES string of the molecule is COC(=O)Cc1c[nH]c2nccc(Br)c12. The number of ether oxygens (including phenoxy) is 1. The lowest BCUT2D eigenvalue weighted by Crippen LogP contribution is -2.03. The summed E-state index contributed by atoms with van der Waals surface area (Å²) in [4.78, 5) is 18.3. The average Bonchev–Trinajstić information content (AvgIpc) is 2.63. The second-order valence-electron chi connectivity index (χ2n) is 3.08. The molecular weight excluding hydrogens is 260 g/mol. The first-order valence-corrected chi connectivity index (χ1v) is 5.19. The molecular formula is C10H9BrN2O2. The van der Waals surface area contributed by atoms with Crippen molar-refractivity contribution in [2.45, 2.75) is 6.42 Å². The molecule has 0 aliphatic rings. The van der Waals surface area contributed by atoms with Gasteiger partial charge >= 0.3 is 5.97 Å². The van der Waals surface area contributed by atoms with Gasteiger partial charge in [-0.2, -0.15) is 0 Å². The van der Waals surface area contributed by atoms with E-state index in [1.54, 1.807) is 12.4 Å². The molecule has 0 radical (unpaired) electrons. The highest BCUT2D eigenvalue weighted by atomic mass is 79.9. The number of pyridine rings is 1. The lowest BCUT2D eigenvalue weighted by Gasteiger charge is -1.99. The number of aromatic nitrogens is 2. The van der Waals surface area contributed by atoms with E-state index in [4.69, 9.17) is 0 Å². The summed E-state index contributed by atoms with van der Waals surface area (Å²) < 4.78 is 5.55. The Balaban J connectivity index is 2.48. The van der Waals surface area contributed by atoms with Gasteiger partial charge in [-0.3, -0.25) is 4.79 Å². The van der Waals surface area contributed by atoms with Gasteiger partial charge in [-0.25, -0.2) is 4.98 Å². The second kappa shape index (κ2) is 4.02. The van der Waals surface area contributed by atoms with Crippen LogP contribution in [0.25, 0.3) is 11.0 Å². The van der Waals surface area contributed by atoms with Crippen molar-refractivity contribution in [3.8, 4) is 0 Å². The molecule has 4 nitrogen and oxygen atoms in total. The van der Waals surface area contributed by atoms with E-state index in [0.717, 1.165) is 21.1 Å². The number of H-pyrrole nitrogens is 1. The van der Waals surface area contributed by atoms with Crippen LogP contribution in [0.4, 0.5) is 0 Å². The number of nitrogens with zero attached hydrogens (tertiary/aromatic N) is 1. The molecule has 2 aromatic heterocycles. The van der Waals surface area contributed by atoms with E-state index in [9.17, 15) is 4.79 Å². The van der Waals surface area contributed by atoms with Crippen molar-refractivity contribution in [2.75, 3.05) is 7.11 Å². The van der Waals surface area contributed by atoms with Crippen LogP contribution in [0, 0.1) is 0 Å². The van der Waals surface area contributed by atoms with Crippen LogP contribution in [-0.2, 0) is 16.0 Å². The molecule has 0 unspecified atom stereocenters. The predicted octanol–water partition coefficient (Wildman–Crippen LogP) is 2.04. The van der Waals surface area contributed by atoms with Gasteiger partial charge < -0.3 is 9.72 Å². The molecule has 1 N–H and O–H groups in total. The maximum Gasteiger partial charge on any atom is 0.310 e. The van der Waals surface area contributed by atoms with Crippen molar-refractivity contribution in [1.29, 1.82) is 0 Å². The number of fused-ring (bicyclic) bond motifs is 1.